The Balaban J connectivity index is 1.77. The molecule has 0 spiro atoms. The smallest absolute Gasteiger partial charge is 0.254 e. The standard InChI is InChI=1S/C24H27FN4O3S/c1-5-29-22(21(15(2)3)26-23(31)18-11-6-7-12-19(18)25)27-28-24(29)33-14-20(30)16-9-8-10-17(13-16)32-4/h6-13,15,21H,5,14H2,1-4H3,(H,26,31). The van der Waals surface area contributed by atoms with Gasteiger partial charge in [-0.1, -0.05) is 49.9 Å². The number of nitrogens with zero attached hydrogens (tertiary/aromatic N) is 3. The Hall–Kier alpha value is -3.20. The Morgan fingerprint density at radius 2 is 1.91 bits per heavy atom. The highest BCUT2D eigenvalue weighted by Crippen LogP contribution is 2.26. The van der Waals surface area contributed by atoms with Crippen LogP contribution in [-0.2, 0) is 6.54 Å². The number of nitrogens with one attached hydrogen (secondary N) is 1. The van der Waals surface area contributed by atoms with Gasteiger partial charge < -0.3 is 14.6 Å². The number of amides is 1. The number of rotatable bonds is 10. The molecule has 1 amide bonds. The second kappa shape index (κ2) is 11.1. The zero-order chi connectivity index (χ0) is 24.0. The first-order valence-corrected chi connectivity index (χ1v) is 11.6. The van der Waals surface area contributed by atoms with Crippen molar-refractivity contribution in [3.63, 3.8) is 0 Å². The fourth-order valence-electron chi connectivity index (χ4n) is 3.34. The molecule has 0 radical (unpaired) electrons. The minimum absolute atomic E-state index is 0.0218. The van der Waals surface area contributed by atoms with Crippen molar-refractivity contribution >= 4 is 23.5 Å². The summed E-state index contributed by atoms with van der Waals surface area (Å²) in [7, 11) is 1.56. The number of hydrogen-bond donors (Lipinski definition) is 1. The second-order valence-corrected chi connectivity index (χ2v) is 8.65. The lowest BCUT2D eigenvalue weighted by atomic mass is 10.0. The second-order valence-electron chi connectivity index (χ2n) is 7.70. The molecule has 1 unspecified atom stereocenters. The first-order valence-electron chi connectivity index (χ1n) is 10.6. The summed E-state index contributed by atoms with van der Waals surface area (Å²) >= 11 is 1.28. The predicted octanol–water partition coefficient (Wildman–Crippen LogP) is 4.55. The van der Waals surface area contributed by atoms with Gasteiger partial charge in [0.25, 0.3) is 5.91 Å². The van der Waals surface area contributed by atoms with Crippen molar-refractivity contribution in [3.05, 3.63) is 71.3 Å². The molecule has 174 valence electrons. The van der Waals surface area contributed by atoms with Gasteiger partial charge in [0, 0.05) is 12.1 Å². The van der Waals surface area contributed by atoms with Crippen LogP contribution < -0.4 is 10.1 Å². The van der Waals surface area contributed by atoms with Gasteiger partial charge in [-0.25, -0.2) is 4.39 Å². The average Bonchev–Trinajstić information content (AvgIpc) is 3.23. The Morgan fingerprint density at radius 1 is 1.15 bits per heavy atom. The van der Waals surface area contributed by atoms with Crippen molar-refractivity contribution in [3.8, 4) is 5.75 Å². The molecule has 3 rings (SSSR count). The Morgan fingerprint density at radius 3 is 2.58 bits per heavy atom. The minimum atomic E-state index is -0.582. The van der Waals surface area contributed by atoms with Crippen molar-refractivity contribution in [1.29, 1.82) is 0 Å². The number of methoxy groups -OCH3 is 1. The van der Waals surface area contributed by atoms with Crippen LogP contribution in [0.4, 0.5) is 4.39 Å². The molecule has 7 nitrogen and oxygen atoms in total. The van der Waals surface area contributed by atoms with Crippen LogP contribution >= 0.6 is 11.8 Å². The number of ether oxygens (including phenoxy) is 1. The highest BCUT2D eigenvalue weighted by atomic mass is 32.2. The summed E-state index contributed by atoms with van der Waals surface area (Å²) < 4.78 is 21.1. The Labute approximate surface area is 196 Å². The van der Waals surface area contributed by atoms with E-state index < -0.39 is 17.8 Å². The topological polar surface area (TPSA) is 86.1 Å². The monoisotopic (exact) mass is 470 g/mol. The van der Waals surface area contributed by atoms with Crippen molar-refractivity contribution in [2.24, 2.45) is 5.92 Å². The Kier molecular flexibility index (Phi) is 8.21. The molecular weight excluding hydrogens is 443 g/mol. The molecule has 0 aliphatic heterocycles. The molecule has 33 heavy (non-hydrogen) atoms. The van der Waals surface area contributed by atoms with E-state index in [4.69, 9.17) is 4.74 Å². The number of carbonyl (C=O) groups excluding carboxylic acids is 2. The van der Waals surface area contributed by atoms with Crippen molar-refractivity contribution in [2.75, 3.05) is 12.9 Å². The summed E-state index contributed by atoms with van der Waals surface area (Å²) in [5.41, 5.74) is 0.533. The third kappa shape index (κ3) is 5.78. The molecule has 0 aliphatic carbocycles. The largest absolute Gasteiger partial charge is 0.497 e. The van der Waals surface area contributed by atoms with Gasteiger partial charge in [0.05, 0.1) is 24.5 Å². The molecule has 0 bridgehead atoms. The number of thioether (sulfide) groups is 1. The maximum absolute atomic E-state index is 14.1. The SMILES string of the molecule is CCn1c(SCC(=O)c2cccc(OC)c2)nnc1C(NC(=O)c1ccccc1F)C(C)C. The van der Waals surface area contributed by atoms with Crippen LogP contribution in [0.1, 0.15) is 53.4 Å². The highest BCUT2D eigenvalue weighted by molar-refractivity contribution is 7.99. The zero-order valence-corrected chi connectivity index (χ0v) is 19.9. The van der Waals surface area contributed by atoms with Crippen molar-refractivity contribution in [1.82, 2.24) is 20.1 Å². The van der Waals surface area contributed by atoms with Crippen LogP contribution in [0.25, 0.3) is 0 Å². The van der Waals surface area contributed by atoms with E-state index in [1.165, 1.54) is 30.0 Å². The number of Topliss-reactive ketones (excluding diaryl/α,β-unsaturated/α-hetero) is 1. The van der Waals surface area contributed by atoms with E-state index in [1.54, 1.807) is 37.4 Å². The van der Waals surface area contributed by atoms with Crippen molar-refractivity contribution in [2.45, 2.75) is 38.5 Å². The number of halogens is 1. The molecule has 0 aliphatic rings. The van der Waals surface area contributed by atoms with Gasteiger partial charge >= 0.3 is 0 Å². The minimum Gasteiger partial charge on any atom is -0.497 e. The van der Waals surface area contributed by atoms with E-state index in [-0.39, 0.29) is 23.0 Å². The summed E-state index contributed by atoms with van der Waals surface area (Å²) in [5, 5.41) is 12.0. The molecule has 0 fully saturated rings. The summed E-state index contributed by atoms with van der Waals surface area (Å²) in [6.45, 7) is 6.38. The highest BCUT2D eigenvalue weighted by Gasteiger charge is 2.27. The molecule has 1 heterocycles. The van der Waals surface area contributed by atoms with Crippen molar-refractivity contribution < 1.29 is 18.7 Å². The normalized spacial score (nSPS) is 11.9. The van der Waals surface area contributed by atoms with Gasteiger partial charge in [-0.15, -0.1) is 10.2 Å². The predicted molar refractivity (Wildman–Crippen MR) is 125 cm³/mol. The number of aromatic nitrogens is 3. The van der Waals surface area contributed by atoms with Crippen LogP contribution in [0, 0.1) is 11.7 Å². The maximum Gasteiger partial charge on any atom is 0.254 e. The third-order valence-corrected chi connectivity index (χ3v) is 6.10. The first kappa shape index (κ1) is 24.4. The molecule has 1 N–H and O–H groups in total. The van der Waals surface area contributed by atoms with Crippen LogP contribution in [0.2, 0.25) is 0 Å². The molecule has 1 aromatic heterocycles. The van der Waals surface area contributed by atoms with E-state index in [0.717, 1.165) is 0 Å². The number of benzene rings is 2. The van der Waals surface area contributed by atoms with Gasteiger partial charge in [-0.2, -0.15) is 0 Å². The lowest BCUT2D eigenvalue weighted by molar-refractivity contribution is 0.0917. The summed E-state index contributed by atoms with van der Waals surface area (Å²) in [5.74, 6) is 0.190. The molecule has 1 atom stereocenters. The molecule has 2 aromatic carbocycles. The maximum atomic E-state index is 14.1. The van der Waals surface area contributed by atoms with E-state index in [1.807, 2.05) is 25.3 Å². The van der Waals surface area contributed by atoms with Gasteiger partial charge in [-0.3, -0.25) is 9.59 Å². The molecule has 0 saturated carbocycles. The van der Waals surface area contributed by atoms with Gasteiger partial charge in [-0.05, 0) is 37.1 Å². The van der Waals surface area contributed by atoms with Crippen LogP contribution in [0.15, 0.2) is 53.7 Å². The number of ketones is 1. The first-order chi connectivity index (χ1) is 15.8. The zero-order valence-electron chi connectivity index (χ0n) is 19.0. The fraction of sp³-hybridized carbons (Fsp3) is 0.333. The number of carbonyl (C=O) groups is 2. The molecule has 0 saturated heterocycles. The Bertz CT molecular complexity index is 1130. The quantitative estimate of drug-likeness (QED) is 0.346. The van der Waals surface area contributed by atoms with Gasteiger partial charge in [0.1, 0.15) is 11.6 Å². The van der Waals surface area contributed by atoms with Gasteiger partial charge in [0.2, 0.25) is 0 Å². The summed E-state index contributed by atoms with van der Waals surface area (Å²) in [6, 6.07) is 12.4. The molecular formula is C24H27FN4O3S. The number of hydrogen-bond acceptors (Lipinski definition) is 6. The van der Waals surface area contributed by atoms with Crippen LogP contribution in [0.3, 0.4) is 0 Å². The average molecular weight is 471 g/mol. The third-order valence-electron chi connectivity index (χ3n) is 5.14. The van der Waals surface area contributed by atoms with Crippen LogP contribution in [-0.4, -0.2) is 39.3 Å². The molecule has 3 aromatic rings. The van der Waals surface area contributed by atoms with E-state index in [0.29, 0.717) is 28.8 Å². The lowest BCUT2D eigenvalue weighted by Gasteiger charge is -2.22. The molecule has 9 heteroatoms. The van der Waals surface area contributed by atoms with E-state index in [2.05, 4.69) is 15.5 Å². The van der Waals surface area contributed by atoms with E-state index >= 15 is 0 Å². The fourth-order valence-corrected chi connectivity index (χ4v) is 4.24. The summed E-state index contributed by atoms with van der Waals surface area (Å²) in [4.78, 5) is 25.4. The summed E-state index contributed by atoms with van der Waals surface area (Å²) in [6.07, 6.45) is 0. The lowest BCUT2D eigenvalue weighted by Crippen LogP contribution is -2.34. The van der Waals surface area contributed by atoms with Crippen LogP contribution in [0.5, 0.6) is 5.75 Å². The van der Waals surface area contributed by atoms with Gasteiger partial charge in [0.15, 0.2) is 16.8 Å². The van der Waals surface area contributed by atoms with E-state index in [9.17, 15) is 14.0 Å².